The maximum atomic E-state index is 11.2. The van der Waals surface area contributed by atoms with Crippen molar-refractivity contribution in [2.45, 2.75) is 13.8 Å². The van der Waals surface area contributed by atoms with Gasteiger partial charge in [-0.15, -0.1) is 0 Å². The zero-order chi connectivity index (χ0) is 13.7. The summed E-state index contributed by atoms with van der Waals surface area (Å²) in [5.41, 5.74) is 7.13. The predicted molar refractivity (Wildman–Crippen MR) is 68.2 cm³/mol. The molecule has 0 aliphatic rings. The summed E-state index contributed by atoms with van der Waals surface area (Å²) in [6, 6.07) is 3.19. The van der Waals surface area contributed by atoms with Crippen LogP contribution in [0, 0.1) is 6.92 Å². The number of anilines is 1. The van der Waals surface area contributed by atoms with E-state index in [4.69, 9.17) is 15.6 Å². The third kappa shape index (κ3) is 3.35. The fourth-order valence-electron chi connectivity index (χ4n) is 1.49. The number of esters is 1. The molecule has 1 rings (SSSR count). The number of carbonyl (C=O) groups is 2. The molecule has 0 aromatic heterocycles. The second-order valence-corrected chi connectivity index (χ2v) is 3.71. The first-order valence-electron chi connectivity index (χ1n) is 5.44. The maximum Gasteiger partial charge on any atom is 0.337 e. The lowest BCUT2D eigenvalue weighted by molar-refractivity contribution is -0.137. The molecule has 5 nitrogen and oxygen atoms in total. The molecule has 0 aliphatic heterocycles. The molecule has 96 valence electrons. The van der Waals surface area contributed by atoms with Gasteiger partial charge in [0.25, 0.3) is 0 Å². The molecule has 0 saturated carbocycles. The molecule has 0 fully saturated rings. The smallest absolute Gasteiger partial charge is 0.337 e. The largest absolute Gasteiger partial charge is 0.478 e. The maximum absolute atomic E-state index is 11.2. The number of aryl methyl sites for hydroxylation is 1. The van der Waals surface area contributed by atoms with Crippen molar-refractivity contribution in [1.29, 1.82) is 0 Å². The fourth-order valence-corrected chi connectivity index (χ4v) is 1.49. The molecular weight excluding hydrogens is 234 g/mol. The van der Waals surface area contributed by atoms with Gasteiger partial charge in [-0.3, -0.25) is 0 Å². The monoisotopic (exact) mass is 249 g/mol. The van der Waals surface area contributed by atoms with Crippen LogP contribution in [0.2, 0.25) is 0 Å². The van der Waals surface area contributed by atoms with Gasteiger partial charge in [-0.05, 0) is 43.2 Å². The molecule has 0 radical (unpaired) electrons. The van der Waals surface area contributed by atoms with E-state index in [9.17, 15) is 9.59 Å². The Morgan fingerprint density at radius 1 is 1.44 bits per heavy atom. The van der Waals surface area contributed by atoms with Crippen LogP contribution in [0.1, 0.15) is 28.4 Å². The molecular formula is C13H15NO4. The Morgan fingerprint density at radius 3 is 2.67 bits per heavy atom. The van der Waals surface area contributed by atoms with Gasteiger partial charge in [0, 0.05) is 6.08 Å². The lowest BCUT2D eigenvalue weighted by Crippen LogP contribution is -2.05. The summed E-state index contributed by atoms with van der Waals surface area (Å²) in [7, 11) is 0. The number of hydrogen-bond acceptors (Lipinski definition) is 4. The summed E-state index contributed by atoms with van der Waals surface area (Å²) in [6.07, 6.45) is 2.67. The molecule has 0 atom stereocenters. The predicted octanol–water partition coefficient (Wildman–Crippen LogP) is 1.85. The van der Waals surface area contributed by atoms with E-state index in [1.807, 2.05) is 0 Å². The van der Waals surface area contributed by atoms with E-state index >= 15 is 0 Å². The van der Waals surface area contributed by atoms with Crippen molar-refractivity contribution >= 4 is 23.7 Å². The topological polar surface area (TPSA) is 89.6 Å². The minimum Gasteiger partial charge on any atom is -0.478 e. The summed E-state index contributed by atoms with van der Waals surface area (Å²) in [5.74, 6) is -1.59. The van der Waals surface area contributed by atoms with E-state index < -0.39 is 11.9 Å². The van der Waals surface area contributed by atoms with E-state index in [2.05, 4.69) is 0 Å². The molecule has 0 amide bonds. The first kappa shape index (κ1) is 13.8. The standard InChI is InChI=1S/C13H15NO4/c1-3-18-11(15)5-4-9-6-8(2)7-10(12(9)14)13(16)17/h4-7H,3,14H2,1-2H3,(H,16,17). The molecule has 18 heavy (non-hydrogen) atoms. The molecule has 0 unspecified atom stereocenters. The van der Waals surface area contributed by atoms with Gasteiger partial charge in [-0.1, -0.05) is 0 Å². The number of aromatic carboxylic acids is 1. The van der Waals surface area contributed by atoms with Gasteiger partial charge in [-0.25, -0.2) is 9.59 Å². The van der Waals surface area contributed by atoms with Crippen LogP contribution in [0.4, 0.5) is 5.69 Å². The zero-order valence-corrected chi connectivity index (χ0v) is 10.3. The van der Waals surface area contributed by atoms with Crippen molar-refractivity contribution in [3.05, 3.63) is 34.9 Å². The van der Waals surface area contributed by atoms with Crippen molar-refractivity contribution in [3.63, 3.8) is 0 Å². The Bertz CT molecular complexity index is 506. The lowest BCUT2D eigenvalue weighted by atomic mass is 10.0. The highest BCUT2D eigenvalue weighted by atomic mass is 16.5. The van der Waals surface area contributed by atoms with Gasteiger partial charge in [0.15, 0.2) is 0 Å². The summed E-state index contributed by atoms with van der Waals surface area (Å²) in [6.45, 7) is 3.75. The number of rotatable bonds is 4. The van der Waals surface area contributed by atoms with Gasteiger partial charge < -0.3 is 15.6 Å². The minimum absolute atomic E-state index is 0.0264. The van der Waals surface area contributed by atoms with Crippen LogP contribution in [0.15, 0.2) is 18.2 Å². The van der Waals surface area contributed by atoms with E-state index in [0.717, 1.165) is 5.56 Å². The number of carboxylic acid groups (broad SMARTS) is 1. The highest BCUT2D eigenvalue weighted by Gasteiger charge is 2.11. The summed E-state index contributed by atoms with van der Waals surface area (Å²) >= 11 is 0. The quantitative estimate of drug-likeness (QED) is 0.483. The van der Waals surface area contributed by atoms with Crippen molar-refractivity contribution in [1.82, 2.24) is 0 Å². The average Bonchev–Trinajstić information content (AvgIpc) is 2.30. The third-order valence-electron chi connectivity index (χ3n) is 2.27. The number of nitrogen functional groups attached to an aromatic ring is 1. The Labute approximate surface area is 105 Å². The van der Waals surface area contributed by atoms with Gasteiger partial charge in [0.05, 0.1) is 17.9 Å². The van der Waals surface area contributed by atoms with Crippen molar-refractivity contribution in [3.8, 4) is 0 Å². The summed E-state index contributed by atoms with van der Waals surface area (Å²) in [4.78, 5) is 22.1. The van der Waals surface area contributed by atoms with Crippen LogP contribution in [0.3, 0.4) is 0 Å². The molecule has 0 heterocycles. The molecule has 0 bridgehead atoms. The second-order valence-electron chi connectivity index (χ2n) is 3.71. The van der Waals surface area contributed by atoms with Crippen molar-refractivity contribution < 1.29 is 19.4 Å². The Kier molecular flexibility index (Phi) is 4.48. The van der Waals surface area contributed by atoms with Crippen molar-refractivity contribution in [2.75, 3.05) is 12.3 Å². The molecule has 3 N–H and O–H groups in total. The molecule has 5 heteroatoms. The molecule has 0 saturated heterocycles. The Hall–Kier alpha value is -2.30. The molecule has 0 aliphatic carbocycles. The fraction of sp³-hybridized carbons (Fsp3) is 0.231. The van der Waals surface area contributed by atoms with E-state index in [1.165, 1.54) is 18.2 Å². The van der Waals surface area contributed by atoms with E-state index in [1.54, 1.807) is 19.9 Å². The van der Waals surface area contributed by atoms with Crippen LogP contribution in [0.25, 0.3) is 6.08 Å². The van der Waals surface area contributed by atoms with Crippen LogP contribution in [0.5, 0.6) is 0 Å². The van der Waals surface area contributed by atoms with Crippen LogP contribution < -0.4 is 5.73 Å². The normalized spacial score (nSPS) is 10.6. The number of ether oxygens (including phenoxy) is 1. The van der Waals surface area contributed by atoms with E-state index in [-0.39, 0.29) is 17.9 Å². The first-order chi connectivity index (χ1) is 8.45. The first-order valence-corrected chi connectivity index (χ1v) is 5.44. The molecule has 1 aromatic rings. The number of benzene rings is 1. The number of carboxylic acids is 1. The SMILES string of the molecule is CCOC(=O)C=Cc1cc(C)cc(C(=O)O)c1N. The van der Waals surface area contributed by atoms with Crippen LogP contribution >= 0.6 is 0 Å². The van der Waals surface area contributed by atoms with Crippen molar-refractivity contribution in [2.24, 2.45) is 0 Å². The second kappa shape index (κ2) is 5.86. The highest BCUT2D eigenvalue weighted by Crippen LogP contribution is 2.21. The average molecular weight is 249 g/mol. The van der Waals surface area contributed by atoms with Crippen LogP contribution in [-0.4, -0.2) is 23.7 Å². The summed E-state index contributed by atoms with van der Waals surface area (Å²) < 4.78 is 4.73. The van der Waals surface area contributed by atoms with Gasteiger partial charge >= 0.3 is 11.9 Å². The van der Waals surface area contributed by atoms with Gasteiger partial charge in [0.1, 0.15) is 0 Å². The summed E-state index contributed by atoms with van der Waals surface area (Å²) in [5, 5.41) is 8.98. The van der Waals surface area contributed by atoms with Crippen LogP contribution in [-0.2, 0) is 9.53 Å². The number of hydrogen-bond donors (Lipinski definition) is 2. The number of nitrogens with two attached hydrogens (primary N) is 1. The highest BCUT2D eigenvalue weighted by molar-refractivity contribution is 5.97. The number of carbonyl (C=O) groups excluding carboxylic acids is 1. The van der Waals surface area contributed by atoms with E-state index in [0.29, 0.717) is 5.56 Å². The van der Waals surface area contributed by atoms with Gasteiger partial charge in [-0.2, -0.15) is 0 Å². The molecule has 0 spiro atoms. The third-order valence-corrected chi connectivity index (χ3v) is 2.27. The lowest BCUT2D eigenvalue weighted by Gasteiger charge is -2.06. The van der Waals surface area contributed by atoms with Gasteiger partial charge in [0.2, 0.25) is 0 Å². The minimum atomic E-state index is -1.10. The zero-order valence-electron chi connectivity index (χ0n) is 10.3. The Morgan fingerprint density at radius 2 is 2.11 bits per heavy atom. The Balaban J connectivity index is 3.10. The molecule has 1 aromatic carbocycles.